The second-order valence-corrected chi connectivity index (χ2v) is 7.03. The van der Waals surface area contributed by atoms with Crippen molar-refractivity contribution in [3.63, 3.8) is 0 Å². The molecule has 1 unspecified atom stereocenters. The second-order valence-electron chi connectivity index (χ2n) is 7.03. The van der Waals surface area contributed by atoms with E-state index >= 15 is 0 Å². The molecule has 1 aromatic carbocycles. The fraction of sp³-hybridized carbons (Fsp3) is 0.524. The molecule has 1 atom stereocenters. The Balaban J connectivity index is 2.39. The zero-order valence-electron chi connectivity index (χ0n) is 16.6. The summed E-state index contributed by atoms with van der Waals surface area (Å²) in [6, 6.07) is 6.62. The van der Waals surface area contributed by atoms with Crippen LogP contribution < -0.4 is 15.4 Å². The van der Waals surface area contributed by atoms with Gasteiger partial charge in [-0.1, -0.05) is 39.3 Å². The highest BCUT2D eigenvalue weighted by atomic mass is 16.5. The Kier molecular flexibility index (Phi) is 7.70. The number of hydrogen-bond acceptors (Lipinski definition) is 4. The maximum atomic E-state index is 12.7. The van der Waals surface area contributed by atoms with Crippen LogP contribution in [0.2, 0.25) is 0 Å². The molecule has 27 heavy (non-hydrogen) atoms. The SMILES string of the molecule is CCCCC1=C(C(=O)OCC)C(c2cccc(OCC(C)C)c2)NC(=O)N1. The van der Waals surface area contributed by atoms with Crippen molar-refractivity contribution in [2.75, 3.05) is 13.2 Å². The highest BCUT2D eigenvalue weighted by Gasteiger charge is 2.33. The van der Waals surface area contributed by atoms with Crippen LogP contribution in [-0.2, 0) is 9.53 Å². The van der Waals surface area contributed by atoms with Gasteiger partial charge in [-0.05, 0) is 43.4 Å². The van der Waals surface area contributed by atoms with E-state index in [1.807, 2.05) is 24.3 Å². The minimum absolute atomic E-state index is 0.279. The lowest BCUT2D eigenvalue weighted by molar-refractivity contribution is -0.139. The number of carbonyl (C=O) groups is 2. The zero-order valence-corrected chi connectivity index (χ0v) is 16.6. The number of urea groups is 1. The van der Waals surface area contributed by atoms with Crippen LogP contribution >= 0.6 is 0 Å². The molecule has 6 nitrogen and oxygen atoms in total. The summed E-state index contributed by atoms with van der Waals surface area (Å²) in [7, 11) is 0. The Hall–Kier alpha value is -2.50. The fourth-order valence-electron chi connectivity index (χ4n) is 2.92. The van der Waals surface area contributed by atoms with Gasteiger partial charge in [-0.15, -0.1) is 0 Å². The number of nitrogens with one attached hydrogen (secondary N) is 2. The lowest BCUT2D eigenvalue weighted by Crippen LogP contribution is -2.46. The van der Waals surface area contributed by atoms with Crippen LogP contribution in [-0.4, -0.2) is 25.2 Å². The number of rotatable bonds is 9. The van der Waals surface area contributed by atoms with Crippen molar-refractivity contribution in [3.05, 3.63) is 41.1 Å². The van der Waals surface area contributed by atoms with Gasteiger partial charge in [-0.2, -0.15) is 0 Å². The number of hydrogen-bond donors (Lipinski definition) is 2. The third kappa shape index (κ3) is 5.74. The molecule has 2 amide bonds. The Morgan fingerprint density at radius 2 is 2.04 bits per heavy atom. The van der Waals surface area contributed by atoms with E-state index in [2.05, 4.69) is 31.4 Å². The van der Waals surface area contributed by atoms with Gasteiger partial charge in [0.1, 0.15) is 5.75 Å². The number of carbonyl (C=O) groups excluding carboxylic acids is 2. The van der Waals surface area contributed by atoms with Crippen molar-refractivity contribution in [1.29, 1.82) is 0 Å². The first-order chi connectivity index (χ1) is 13.0. The average molecular weight is 374 g/mol. The third-order valence-electron chi connectivity index (χ3n) is 4.20. The molecule has 1 heterocycles. The Labute approximate surface area is 161 Å². The number of ether oxygens (including phenoxy) is 2. The summed E-state index contributed by atoms with van der Waals surface area (Å²) in [5.41, 5.74) is 1.90. The maximum Gasteiger partial charge on any atom is 0.338 e. The van der Waals surface area contributed by atoms with E-state index in [9.17, 15) is 9.59 Å². The van der Waals surface area contributed by atoms with E-state index in [0.29, 0.717) is 36.0 Å². The summed E-state index contributed by atoms with van der Waals surface area (Å²) >= 11 is 0. The molecule has 2 N–H and O–H groups in total. The molecule has 0 aliphatic carbocycles. The van der Waals surface area contributed by atoms with Crippen LogP contribution in [0.3, 0.4) is 0 Å². The molecule has 0 saturated carbocycles. The lowest BCUT2D eigenvalue weighted by atomic mass is 9.93. The zero-order chi connectivity index (χ0) is 19.8. The van der Waals surface area contributed by atoms with Gasteiger partial charge in [-0.3, -0.25) is 0 Å². The number of allylic oxidation sites excluding steroid dienone is 1. The van der Waals surface area contributed by atoms with Gasteiger partial charge in [-0.25, -0.2) is 9.59 Å². The van der Waals surface area contributed by atoms with Crippen molar-refractivity contribution in [2.24, 2.45) is 5.92 Å². The van der Waals surface area contributed by atoms with Crippen LogP contribution in [0.25, 0.3) is 0 Å². The van der Waals surface area contributed by atoms with Crippen LogP contribution in [0.1, 0.15) is 58.6 Å². The first-order valence-electron chi connectivity index (χ1n) is 9.66. The summed E-state index contributed by atoms with van der Waals surface area (Å²) in [4.78, 5) is 24.9. The van der Waals surface area contributed by atoms with Crippen LogP contribution in [0.5, 0.6) is 5.75 Å². The van der Waals surface area contributed by atoms with Crippen molar-refractivity contribution in [1.82, 2.24) is 10.6 Å². The summed E-state index contributed by atoms with van der Waals surface area (Å²) < 4.78 is 11.1. The highest BCUT2D eigenvalue weighted by Crippen LogP contribution is 2.31. The molecule has 1 aliphatic rings. The number of unbranched alkanes of at least 4 members (excludes halogenated alkanes) is 1. The van der Waals surface area contributed by atoms with Crippen LogP contribution in [0, 0.1) is 5.92 Å². The largest absolute Gasteiger partial charge is 0.493 e. The molecule has 1 aliphatic heterocycles. The summed E-state index contributed by atoms with van der Waals surface area (Å²) in [6.07, 6.45) is 2.47. The molecule has 0 radical (unpaired) electrons. The van der Waals surface area contributed by atoms with Gasteiger partial charge in [0.25, 0.3) is 0 Å². The van der Waals surface area contributed by atoms with Gasteiger partial charge in [0.2, 0.25) is 0 Å². The maximum absolute atomic E-state index is 12.7. The minimum atomic E-state index is -0.563. The molecule has 0 spiro atoms. The lowest BCUT2D eigenvalue weighted by Gasteiger charge is -2.29. The van der Waals surface area contributed by atoms with Crippen molar-refractivity contribution in [2.45, 2.75) is 53.0 Å². The molecule has 2 rings (SSSR count). The normalized spacial score (nSPS) is 16.8. The molecule has 0 fully saturated rings. The summed E-state index contributed by atoms with van der Waals surface area (Å²) in [5, 5.41) is 5.65. The molecule has 0 bridgehead atoms. The summed E-state index contributed by atoms with van der Waals surface area (Å²) in [6.45, 7) is 8.89. The molecular formula is C21H30N2O4. The smallest absolute Gasteiger partial charge is 0.338 e. The molecule has 1 aromatic rings. The van der Waals surface area contributed by atoms with Gasteiger partial charge < -0.3 is 20.1 Å². The Bertz CT molecular complexity index is 697. The quantitative estimate of drug-likeness (QED) is 0.639. The molecule has 0 saturated heterocycles. The number of benzene rings is 1. The topological polar surface area (TPSA) is 76.7 Å². The van der Waals surface area contributed by atoms with Crippen molar-refractivity contribution < 1.29 is 19.1 Å². The average Bonchev–Trinajstić information content (AvgIpc) is 2.64. The molecular weight excluding hydrogens is 344 g/mol. The van der Waals surface area contributed by atoms with E-state index in [-0.39, 0.29) is 12.6 Å². The molecule has 148 valence electrons. The van der Waals surface area contributed by atoms with Gasteiger partial charge >= 0.3 is 12.0 Å². The minimum Gasteiger partial charge on any atom is -0.493 e. The van der Waals surface area contributed by atoms with Gasteiger partial charge in [0, 0.05) is 5.70 Å². The second kappa shape index (κ2) is 10.00. The van der Waals surface area contributed by atoms with E-state index in [1.165, 1.54) is 0 Å². The first-order valence-corrected chi connectivity index (χ1v) is 9.66. The first kappa shape index (κ1) is 20.8. The molecule has 6 heteroatoms. The van der Waals surface area contributed by atoms with E-state index in [1.54, 1.807) is 6.92 Å². The predicted octanol–water partition coefficient (Wildman–Crippen LogP) is 4.08. The monoisotopic (exact) mass is 374 g/mol. The van der Waals surface area contributed by atoms with Crippen molar-refractivity contribution in [3.8, 4) is 5.75 Å². The Morgan fingerprint density at radius 3 is 2.70 bits per heavy atom. The molecule has 0 aromatic heterocycles. The number of amides is 2. The highest BCUT2D eigenvalue weighted by molar-refractivity contribution is 5.95. The van der Waals surface area contributed by atoms with E-state index in [4.69, 9.17) is 9.47 Å². The van der Waals surface area contributed by atoms with Gasteiger partial charge in [0.15, 0.2) is 0 Å². The van der Waals surface area contributed by atoms with E-state index < -0.39 is 12.0 Å². The third-order valence-corrected chi connectivity index (χ3v) is 4.20. The Morgan fingerprint density at radius 1 is 1.26 bits per heavy atom. The van der Waals surface area contributed by atoms with Crippen molar-refractivity contribution >= 4 is 12.0 Å². The predicted molar refractivity (Wildman–Crippen MR) is 104 cm³/mol. The van der Waals surface area contributed by atoms with Gasteiger partial charge in [0.05, 0.1) is 24.8 Å². The standard InChI is InChI=1S/C21H30N2O4/c1-5-7-11-17-18(20(24)26-6-2)19(23-21(25)22-17)15-9-8-10-16(12-15)27-13-14(3)4/h8-10,12,14,19H,5-7,11,13H2,1-4H3,(H2,22,23,25). The van der Waals surface area contributed by atoms with Crippen LogP contribution in [0.15, 0.2) is 35.5 Å². The summed E-state index contributed by atoms with van der Waals surface area (Å²) in [5.74, 6) is 0.713. The fourth-order valence-corrected chi connectivity index (χ4v) is 2.92. The van der Waals surface area contributed by atoms with E-state index in [0.717, 1.165) is 18.4 Å². The number of esters is 1. The van der Waals surface area contributed by atoms with Crippen LogP contribution in [0.4, 0.5) is 4.79 Å².